The van der Waals surface area contributed by atoms with Crippen LogP contribution in [0.5, 0.6) is 0 Å². The number of hydrogen-bond acceptors (Lipinski definition) is 4. The van der Waals surface area contributed by atoms with Crippen LogP contribution in [-0.4, -0.2) is 17.6 Å². The second-order valence-electron chi connectivity index (χ2n) is 3.65. The molecule has 0 unspecified atom stereocenters. The van der Waals surface area contributed by atoms with Crippen molar-refractivity contribution in [1.29, 1.82) is 5.26 Å². The SMILES string of the molecule is CCCCOC(=O)c1cc(C#N)c(=O)[nH]c1C. The van der Waals surface area contributed by atoms with E-state index in [0.717, 1.165) is 12.8 Å². The van der Waals surface area contributed by atoms with Crippen LogP contribution < -0.4 is 5.56 Å². The van der Waals surface area contributed by atoms with Crippen molar-refractivity contribution < 1.29 is 9.53 Å². The summed E-state index contributed by atoms with van der Waals surface area (Å²) in [4.78, 5) is 25.4. The van der Waals surface area contributed by atoms with Crippen molar-refractivity contribution in [3.63, 3.8) is 0 Å². The molecular formula is C12H14N2O3. The molecule has 5 heteroatoms. The summed E-state index contributed by atoms with van der Waals surface area (Å²) < 4.78 is 5.02. The molecule has 5 nitrogen and oxygen atoms in total. The van der Waals surface area contributed by atoms with Gasteiger partial charge in [-0.05, 0) is 19.4 Å². The normalized spacial score (nSPS) is 9.71. The van der Waals surface area contributed by atoms with E-state index in [2.05, 4.69) is 4.98 Å². The number of nitriles is 1. The zero-order valence-corrected chi connectivity index (χ0v) is 9.87. The Morgan fingerprint density at radius 1 is 1.59 bits per heavy atom. The number of unbranched alkanes of at least 4 members (excludes halogenated alkanes) is 1. The van der Waals surface area contributed by atoms with Crippen molar-refractivity contribution in [2.75, 3.05) is 6.61 Å². The Labute approximate surface area is 99.0 Å². The van der Waals surface area contributed by atoms with Crippen LogP contribution in [0.1, 0.15) is 41.4 Å². The van der Waals surface area contributed by atoms with Crippen molar-refractivity contribution in [1.82, 2.24) is 4.98 Å². The molecule has 0 bridgehead atoms. The molecule has 1 heterocycles. The number of aromatic amines is 1. The van der Waals surface area contributed by atoms with Gasteiger partial charge in [0.2, 0.25) is 0 Å². The lowest BCUT2D eigenvalue weighted by atomic mass is 10.1. The minimum atomic E-state index is -0.510. The van der Waals surface area contributed by atoms with Crippen molar-refractivity contribution in [2.24, 2.45) is 0 Å². The minimum absolute atomic E-state index is 0.0851. The minimum Gasteiger partial charge on any atom is -0.462 e. The zero-order chi connectivity index (χ0) is 12.8. The van der Waals surface area contributed by atoms with Crippen LogP contribution >= 0.6 is 0 Å². The largest absolute Gasteiger partial charge is 0.462 e. The number of H-pyrrole nitrogens is 1. The van der Waals surface area contributed by atoms with Crippen LogP contribution in [0.25, 0.3) is 0 Å². The molecule has 0 aliphatic rings. The number of nitrogens with zero attached hydrogens (tertiary/aromatic N) is 1. The lowest BCUT2D eigenvalue weighted by Gasteiger charge is -2.06. The van der Waals surface area contributed by atoms with Gasteiger partial charge in [-0.25, -0.2) is 4.79 Å². The molecule has 0 aromatic carbocycles. The molecule has 0 aliphatic carbocycles. The maximum atomic E-state index is 11.7. The first-order chi connectivity index (χ1) is 8.10. The number of nitrogens with one attached hydrogen (secondary N) is 1. The molecule has 1 aromatic heterocycles. The van der Waals surface area contributed by atoms with E-state index in [1.165, 1.54) is 6.07 Å². The van der Waals surface area contributed by atoms with Gasteiger partial charge < -0.3 is 9.72 Å². The van der Waals surface area contributed by atoms with Gasteiger partial charge in [-0.2, -0.15) is 5.26 Å². The number of hydrogen-bond donors (Lipinski definition) is 1. The van der Waals surface area contributed by atoms with E-state index in [1.807, 2.05) is 6.92 Å². The maximum absolute atomic E-state index is 11.7. The molecule has 0 fully saturated rings. The molecule has 1 N–H and O–H groups in total. The number of pyridine rings is 1. The molecule has 0 saturated heterocycles. The molecular weight excluding hydrogens is 220 g/mol. The van der Waals surface area contributed by atoms with Crippen molar-refractivity contribution in [2.45, 2.75) is 26.7 Å². The maximum Gasteiger partial charge on any atom is 0.339 e. The smallest absolute Gasteiger partial charge is 0.339 e. The highest BCUT2D eigenvalue weighted by atomic mass is 16.5. The van der Waals surface area contributed by atoms with E-state index in [9.17, 15) is 9.59 Å². The van der Waals surface area contributed by atoms with Gasteiger partial charge in [0.15, 0.2) is 0 Å². The van der Waals surface area contributed by atoms with Gasteiger partial charge in [-0.3, -0.25) is 4.79 Å². The second-order valence-corrected chi connectivity index (χ2v) is 3.65. The average Bonchev–Trinajstić information content (AvgIpc) is 2.29. The highest BCUT2D eigenvalue weighted by molar-refractivity contribution is 5.90. The number of aromatic nitrogens is 1. The lowest BCUT2D eigenvalue weighted by Crippen LogP contribution is -2.17. The van der Waals surface area contributed by atoms with E-state index in [4.69, 9.17) is 10.00 Å². The summed E-state index contributed by atoms with van der Waals surface area (Å²) in [5, 5.41) is 8.71. The molecule has 1 rings (SSSR count). The fourth-order valence-corrected chi connectivity index (χ4v) is 1.31. The number of carbonyl (C=O) groups is 1. The molecule has 0 aliphatic heterocycles. The van der Waals surface area contributed by atoms with Gasteiger partial charge in [-0.1, -0.05) is 13.3 Å². The third-order valence-electron chi connectivity index (χ3n) is 2.31. The Kier molecular flexibility index (Phi) is 4.46. The predicted molar refractivity (Wildman–Crippen MR) is 61.7 cm³/mol. The fraction of sp³-hybridized carbons (Fsp3) is 0.417. The number of carbonyl (C=O) groups excluding carboxylic acids is 1. The van der Waals surface area contributed by atoms with Gasteiger partial charge in [0.25, 0.3) is 5.56 Å². The molecule has 0 radical (unpaired) electrons. The van der Waals surface area contributed by atoms with Gasteiger partial charge in [0.05, 0.1) is 12.2 Å². The Morgan fingerprint density at radius 2 is 2.29 bits per heavy atom. The number of aryl methyl sites for hydroxylation is 1. The average molecular weight is 234 g/mol. The Bertz CT molecular complexity index is 511. The summed E-state index contributed by atoms with van der Waals surface area (Å²) in [6.07, 6.45) is 1.72. The van der Waals surface area contributed by atoms with Crippen LogP contribution in [0.4, 0.5) is 0 Å². The van der Waals surface area contributed by atoms with Gasteiger partial charge in [-0.15, -0.1) is 0 Å². The van der Waals surface area contributed by atoms with Crippen molar-refractivity contribution >= 4 is 5.97 Å². The first kappa shape index (κ1) is 13.0. The Balaban J connectivity index is 2.94. The standard InChI is InChI=1S/C12H14N2O3/c1-3-4-5-17-12(16)10-6-9(7-13)11(15)14-8(10)2/h6H,3-5H2,1-2H3,(H,14,15). The lowest BCUT2D eigenvalue weighted by molar-refractivity contribution is 0.0498. The van der Waals surface area contributed by atoms with E-state index in [0.29, 0.717) is 12.3 Å². The number of esters is 1. The fourth-order valence-electron chi connectivity index (χ4n) is 1.31. The predicted octanol–water partition coefficient (Wildman–Crippen LogP) is 1.51. The van der Waals surface area contributed by atoms with Gasteiger partial charge >= 0.3 is 5.97 Å². The molecule has 1 aromatic rings. The van der Waals surface area contributed by atoms with E-state index in [1.54, 1.807) is 13.0 Å². The zero-order valence-electron chi connectivity index (χ0n) is 9.87. The van der Waals surface area contributed by atoms with Crippen LogP contribution in [0.2, 0.25) is 0 Å². The van der Waals surface area contributed by atoms with Crippen LogP contribution in [0.15, 0.2) is 10.9 Å². The van der Waals surface area contributed by atoms with E-state index >= 15 is 0 Å². The first-order valence-electron chi connectivity index (χ1n) is 5.41. The summed E-state index contributed by atoms with van der Waals surface area (Å²) in [5.41, 5.74) is 0.0703. The third kappa shape index (κ3) is 3.18. The molecule has 0 atom stereocenters. The summed E-state index contributed by atoms with van der Waals surface area (Å²) >= 11 is 0. The van der Waals surface area contributed by atoms with E-state index < -0.39 is 11.5 Å². The molecule has 0 saturated carbocycles. The number of rotatable bonds is 4. The quantitative estimate of drug-likeness (QED) is 0.632. The van der Waals surface area contributed by atoms with Crippen molar-refractivity contribution in [3.05, 3.63) is 33.2 Å². The second kappa shape index (κ2) is 5.85. The molecule has 90 valence electrons. The van der Waals surface area contributed by atoms with Gasteiger partial charge in [0, 0.05) is 5.69 Å². The van der Waals surface area contributed by atoms with Crippen LogP contribution in [0.3, 0.4) is 0 Å². The third-order valence-corrected chi connectivity index (χ3v) is 2.31. The molecule has 0 amide bonds. The summed E-state index contributed by atoms with van der Waals surface area (Å²) in [7, 11) is 0. The summed E-state index contributed by atoms with van der Waals surface area (Å²) in [6, 6.07) is 3.00. The van der Waals surface area contributed by atoms with Gasteiger partial charge in [0.1, 0.15) is 11.6 Å². The first-order valence-corrected chi connectivity index (χ1v) is 5.41. The topological polar surface area (TPSA) is 82.9 Å². The van der Waals surface area contributed by atoms with Crippen LogP contribution in [-0.2, 0) is 4.74 Å². The number of ether oxygens (including phenoxy) is 1. The summed E-state index contributed by atoms with van der Waals surface area (Å²) in [5.74, 6) is -0.510. The summed E-state index contributed by atoms with van der Waals surface area (Å²) in [6.45, 7) is 3.93. The van der Waals surface area contributed by atoms with Crippen molar-refractivity contribution in [3.8, 4) is 6.07 Å². The molecule has 17 heavy (non-hydrogen) atoms. The monoisotopic (exact) mass is 234 g/mol. The Morgan fingerprint density at radius 3 is 2.88 bits per heavy atom. The van der Waals surface area contributed by atoms with E-state index in [-0.39, 0.29) is 11.1 Å². The highest BCUT2D eigenvalue weighted by Crippen LogP contribution is 2.07. The molecule has 0 spiro atoms. The Hall–Kier alpha value is -2.09. The highest BCUT2D eigenvalue weighted by Gasteiger charge is 2.13. The van der Waals surface area contributed by atoms with Crippen LogP contribution in [0, 0.1) is 18.3 Å².